The van der Waals surface area contributed by atoms with Crippen LogP contribution in [0.4, 0.5) is 15.8 Å². The Bertz CT molecular complexity index is 812. The van der Waals surface area contributed by atoms with Crippen molar-refractivity contribution in [3.8, 4) is 0 Å². The van der Waals surface area contributed by atoms with E-state index in [0.29, 0.717) is 17.2 Å². The zero-order valence-electron chi connectivity index (χ0n) is 14.5. The van der Waals surface area contributed by atoms with Crippen molar-refractivity contribution < 1.29 is 19.1 Å². The molecule has 0 atom stereocenters. The van der Waals surface area contributed by atoms with E-state index >= 15 is 0 Å². The van der Waals surface area contributed by atoms with Crippen LogP contribution in [-0.4, -0.2) is 30.1 Å². The standard InChI is InChI=1S/C20H21FN2O3/c1-13-8-10-23(11-9-13)18-7-4-15(20(25)26)12-17(18)22-19(24)14-2-5-16(21)6-3-14/h2-7,12-13H,8-11H2,1H3,(H,22,24)(H,25,26). The van der Waals surface area contributed by atoms with Crippen LogP contribution in [0, 0.1) is 11.7 Å². The molecule has 0 spiro atoms. The fraction of sp³-hybridized carbons (Fsp3) is 0.300. The summed E-state index contributed by atoms with van der Waals surface area (Å²) >= 11 is 0. The van der Waals surface area contributed by atoms with Crippen LogP contribution in [0.25, 0.3) is 0 Å². The predicted octanol–water partition coefficient (Wildman–Crippen LogP) is 4.01. The zero-order chi connectivity index (χ0) is 18.7. The van der Waals surface area contributed by atoms with E-state index in [1.807, 2.05) is 0 Å². The van der Waals surface area contributed by atoms with Crippen LogP contribution >= 0.6 is 0 Å². The van der Waals surface area contributed by atoms with Gasteiger partial charge in [-0.2, -0.15) is 0 Å². The molecular formula is C20H21FN2O3. The number of anilines is 2. The lowest BCUT2D eigenvalue weighted by atomic mass is 9.98. The van der Waals surface area contributed by atoms with E-state index in [1.165, 1.54) is 30.3 Å². The Labute approximate surface area is 151 Å². The first-order valence-corrected chi connectivity index (χ1v) is 8.63. The van der Waals surface area contributed by atoms with Gasteiger partial charge < -0.3 is 15.3 Å². The van der Waals surface area contributed by atoms with E-state index in [-0.39, 0.29) is 5.56 Å². The highest BCUT2D eigenvalue weighted by molar-refractivity contribution is 6.06. The highest BCUT2D eigenvalue weighted by Crippen LogP contribution is 2.31. The second-order valence-corrected chi connectivity index (χ2v) is 6.67. The number of nitrogens with zero attached hydrogens (tertiary/aromatic N) is 1. The van der Waals surface area contributed by atoms with E-state index in [9.17, 15) is 19.1 Å². The van der Waals surface area contributed by atoms with Crippen molar-refractivity contribution >= 4 is 23.3 Å². The zero-order valence-corrected chi connectivity index (χ0v) is 14.5. The molecule has 1 heterocycles. The third-order valence-electron chi connectivity index (χ3n) is 4.72. The number of amides is 1. The number of piperidine rings is 1. The number of carbonyl (C=O) groups is 2. The largest absolute Gasteiger partial charge is 0.478 e. The van der Waals surface area contributed by atoms with Gasteiger partial charge in [0.25, 0.3) is 5.91 Å². The van der Waals surface area contributed by atoms with Gasteiger partial charge in [0.05, 0.1) is 16.9 Å². The van der Waals surface area contributed by atoms with Crippen molar-refractivity contribution in [3.63, 3.8) is 0 Å². The summed E-state index contributed by atoms with van der Waals surface area (Å²) in [5, 5.41) is 12.0. The lowest BCUT2D eigenvalue weighted by Crippen LogP contribution is -2.33. The van der Waals surface area contributed by atoms with E-state index in [1.54, 1.807) is 12.1 Å². The number of hydrogen-bond acceptors (Lipinski definition) is 3. The van der Waals surface area contributed by atoms with Gasteiger partial charge in [-0.15, -0.1) is 0 Å². The molecular weight excluding hydrogens is 335 g/mol. The van der Waals surface area contributed by atoms with Gasteiger partial charge in [-0.25, -0.2) is 9.18 Å². The van der Waals surface area contributed by atoms with Gasteiger partial charge >= 0.3 is 5.97 Å². The minimum atomic E-state index is -1.05. The molecule has 1 aliphatic rings. The first-order chi connectivity index (χ1) is 12.4. The number of carboxylic acid groups (broad SMARTS) is 1. The number of carboxylic acids is 1. The fourth-order valence-electron chi connectivity index (χ4n) is 3.09. The van der Waals surface area contributed by atoms with Crippen LogP contribution in [0.5, 0.6) is 0 Å². The number of rotatable bonds is 4. The molecule has 3 rings (SSSR count). The van der Waals surface area contributed by atoms with Gasteiger partial charge in [-0.3, -0.25) is 4.79 Å². The highest BCUT2D eigenvalue weighted by Gasteiger charge is 2.20. The molecule has 1 fully saturated rings. The Morgan fingerprint density at radius 2 is 1.69 bits per heavy atom. The average Bonchev–Trinajstić information content (AvgIpc) is 2.63. The average molecular weight is 356 g/mol. The Morgan fingerprint density at radius 3 is 2.31 bits per heavy atom. The van der Waals surface area contributed by atoms with E-state index in [0.717, 1.165) is 31.6 Å². The summed E-state index contributed by atoms with van der Waals surface area (Å²) in [7, 11) is 0. The van der Waals surface area contributed by atoms with Crippen LogP contribution in [0.3, 0.4) is 0 Å². The smallest absolute Gasteiger partial charge is 0.335 e. The van der Waals surface area contributed by atoms with Crippen molar-refractivity contribution in [2.24, 2.45) is 5.92 Å². The molecule has 0 saturated carbocycles. The van der Waals surface area contributed by atoms with Crippen LogP contribution in [0.2, 0.25) is 0 Å². The molecule has 2 N–H and O–H groups in total. The maximum atomic E-state index is 13.1. The van der Waals surface area contributed by atoms with Crippen molar-refractivity contribution in [1.82, 2.24) is 0 Å². The van der Waals surface area contributed by atoms with Gasteiger partial charge in [0.15, 0.2) is 0 Å². The maximum Gasteiger partial charge on any atom is 0.335 e. The SMILES string of the molecule is CC1CCN(c2ccc(C(=O)O)cc2NC(=O)c2ccc(F)cc2)CC1. The molecule has 2 aromatic carbocycles. The van der Waals surface area contributed by atoms with Gasteiger partial charge in [-0.05, 0) is 61.2 Å². The Morgan fingerprint density at radius 1 is 1.08 bits per heavy atom. The van der Waals surface area contributed by atoms with Crippen molar-refractivity contribution in [3.05, 3.63) is 59.4 Å². The van der Waals surface area contributed by atoms with E-state index < -0.39 is 17.7 Å². The molecule has 1 saturated heterocycles. The fourth-order valence-corrected chi connectivity index (χ4v) is 3.09. The Kier molecular flexibility index (Phi) is 5.21. The molecule has 0 bridgehead atoms. The van der Waals surface area contributed by atoms with Crippen LogP contribution in [0.15, 0.2) is 42.5 Å². The van der Waals surface area contributed by atoms with Gasteiger partial charge in [0.2, 0.25) is 0 Å². The quantitative estimate of drug-likeness (QED) is 0.868. The number of aromatic carboxylic acids is 1. The molecule has 0 radical (unpaired) electrons. The molecule has 5 nitrogen and oxygen atoms in total. The van der Waals surface area contributed by atoms with Crippen molar-refractivity contribution in [2.75, 3.05) is 23.3 Å². The summed E-state index contributed by atoms with van der Waals surface area (Å²) < 4.78 is 13.1. The lowest BCUT2D eigenvalue weighted by Gasteiger charge is -2.33. The summed E-state index contributed by atoms with van der Waals surface area (Å²) in [6, 6.07) is 9.98. The summed E-state index contributed by atoms with van der Waals surface area (Å²) in [5.74, 6) is -1.22. The Hall–Kier alpha value is -2.89. The molecule has 1 aliphatic heterocycles. The molecule has 1 amide bonds. The Balaban J connectivity index is 1.89. The molecule has 6 heteroatoms. The van der Waals surface area contributed by atoms with E-state index in [4.69, 9.17) is 0 Å². The minimum absolute atomic E-state index is 0.105. The van der Waals surface area contributed by atoms with Gasteiger partial charge in [0, 0.05) is 18.7 Å². The normalized spacial score (nSPS) is 14.9. The molecule has 2 aromatic rings. The molecule has 136 valence electrons. The second-order valence-electron chi connectivity index (χ2n) is 6.67. The van der Waals surface area contributed by atoms with Gasteiger partial charge in [-0.1, -0.05) is 6.92 Å². The highest BCUT2D eigenvalue weighted by atomic mass is 19.1. The number of carbonyl (C=O) groups excluding carboxylic acids is 1. The molecule has 0 unspecified atom stereocenters. The number of halogens is 1. The van der Waals surface area contributed by atoms with Crippen molar-refractivity contribution in [2.45, 2.75) is 19.8 Å². The molecule has 0 aliphatic carbocycles. The summed E-state index contributed by atoms with van der Waals surface area (Å²) in [6.45, 7) is 3.92. The number of hydrogen-bond donors (Lipinski definition) is 2. The topological polar surface area (TPSA) is 69.6 Å². The van der Waals surface area contributed by atoms with E-state index in [2.05, 4.69) is 17.1 Å². The predicted molar refractivity (Wildman–Crippen MR) is 98.4 cm³/mol. The van der Waals surface area contributed by atoms with Crippen LogP contribution < -0.4 is 10.2 Å². The lowest BCUT2D eigenvalue weighted by molar-refractivity contribution is 0.0696. The number of benzene rings is 2. The monoisotopic (exact) mass is 356 g/mol. The second kappa shape index (κ2) is 7.56. The molecule has 26 heavy (non-hydrogen) atoms. The van der Waals surface area contributed by atoms with Crippen LogP contribution in [-0.2, 0) is 0 Å². The van der Waals surface area contributed by atoms with Crippen LogP contribution in [0.1, 0.15) is 40.5 Å². The first-order valence-electron chi connectivity index (χ1n) is 8.63. The number of nitrogens with one attached hydrogen (secondary N) is 1. The minimum Gasteiger partial charge on any atom is -0.478 e. The summed E-state index contributed by atoms with van der Waals surface area (Å²) in [6.07, 6.45) is 2.10. The first kappa shape index (κ1) is 17.9. The summed E-state index contributed by atoms with van der Waals surface area (Å²) in [5.41, 5.74) is 1.67. The van der Waals surface area contributed by atoms with Gasteiger partial charge in [0.1, 0.15) is 5.82 Å². The molecule has 0 aromatic heterocycles. The third-order valence-corrected chi connectivity index (χ3v) is 4.72. The maximum absolute atomic E-state index is 13.1. The third kappa shape index (κ3) is 4.02. The van der Waals surface area contributed by atoms with Crippen molar-refractivity contribution in [1.29, 1.82) is 0 Å². The summed E-state index contributed by atoms with van der Waals surface area (Å²) in [4.78, 5) is 26.0.